The van der Waals surface area contributed by atoms with Gasteiger partial charge < -0.3 is 10.1 Å². The molecule has 1 amide bonds. The second-order valence-corrected chi connectivity index (χ2v) is 5.78. The Hall–Kier alpha value is -0.910. The largest absolute Gasteiger partial charge is 0.369 e. The van der Waals surface area contributed by atoms with Crippen LogP contribution in [-0.4, -0.2) is 43.2 Å². The zero-order valence-corrected chi connectivity index (χ0v) is 12.5. The second kappa shape index (κ2) is 7.03. The summed E-state index contributed by atoms with van der Waals surface area (Å²) >= 11 is 1.85. The highest BCUT2D eigenvalue weighted by molar-refractivity contribution is 7.10. The Balaban J connectivity index is 1.68. The predicted molar refractivity (Wildman–Crippen MR) is 77.4 cm³/mol. The molecule has 0 spiro atoms. The van der Waals surface area contributed by atoms with Crippen molar-refractivity contribution in [2.45, 2.75) is 32.9 Å². The summed E-state index contributed by atoms with van der Waals surface area (Å²) in [6.07, 6.45) is 0.783. The third-order valence-electron chi connectivity index (χ3n) is 3.40. The van der Waals surface area contributed by atoms with Gasteiger partial charge in [0.05, 0.1) is 0 Å². The topological polar surface area (TPSA) is 41.6 Å². The van der Waals surface area contributed by atoms with Crippen LogP contribution in [0.4, 0.5) is 0 Å². The molecule has 4 nitrogen and oxygen atoms in total. The summed E-state index contributed by atoms with van der Waals surface area (Å²) in [4.78, 5) is 15.6. The van der Waals surface area contributed by atoms with E-state index in [1.165, 1.54) is 10.4 Å². The maximum Gasteiger partial charge on any atom is 0.248 e. The summed E-state index contributed by atoms with van der Waals surface area (Å²) in [6.45, 7) is 7.95. The molecule has 0 bridgehead atoms. The Morgan fingerprint density at radius 1 is 1.63 bits per heavy atom. The van der Waals surface area contributed by atoms with Gasteiger partial charge in [-0.25, -0.2) is 0 Å². The van der Waals surface area contributed by atoms with Crippen LogP contribution in [0.5, 0.6) is 0 Å². The van der Waals surface area contributed by atoms with Crippen molar-refractivity contribution in [1.29, 1.82) is 0 Å². The number of fused-ring (bicyclic) bond motifs is 1. The fraction of sp³-hybridized carbons (Fsp3) is 0.643. The molecule has 1 aromatic rings. The Kier molecular flexibility index (Phi) is 5.36. The quantitative estimate of drug-likeness (QED) is 0.862. The Bertz CT molecular complexity index is 419. The van der Waals surface area contributed by atoms with Crippen molar-refractivity contribution in [2.75, 3.05) is 26.2 Å². The number of carbonyl (C=O) groups is 1. The molecule has 1 aliphatic heterocycles. The summed E-state index contributed by atoms with van der Waals surface area (Å²) < 4.78 is 5.26. The van der Waals surface area contributed by atoms with Gasteiger partial charge in [-0.05, 0) is 37.3 Å². The average Bonchev–Trinajstić information content (AvgIpc) is 2.86. The lowest BCUT2D eigenvalue weighted by atomic mass is 10.1. The number of nitrogens with zero attached hydrogens (tertiary/aromatic N) is 1. The van der Waals surface area contributed by atoms with E-state index in [4.69, 9.17) is 4.74 Å². The van der Waals surface area contributed by atoms with Crippen molar-refractivity contribution < 1.29 is 9.53 Å². The van der Waals surface area contributed by atoms with Crippen LogP contribution in [0.2, 0.25) is 0 Å². The van der Waals surface area contributed by atoms with Crippen LogP contribution < -0.4 is 5.32 Å². The van der Waals surface area contributed by atoms with Crippen LogP contribution in [0.1, 0.15) is 24.3 Å². The third kappa shape index (κ3) is 4.03. The Morgan fingerprint density at radius 2 is 2.47 bits per heavy atom. The van der Waals surface area contributed by atoms with Gasteiger partial charge in [0.25, 0.3) is 0 Å². The number of thiophene rings is 1. The molecule has 1 aromatic heterocycles. The standard InChI is InChI=1S/C14H22N2O2S/c1-3-18-11(2)14(17)15-6-8-16-7-4-13-12(10-16)5-9-19-13/h5,9,11H,3-4,6-8,10H2,1-2H3,(H,15,17)/t11-/m0/s1. The van der Waals surface area contributed by atoms with Crippen LogP contribution in [0.15, 0.2) is 11.4 Å². The highest BCUT2D eigenvalue weighted by Crippen LogP contribution is 2.23. The maximum absolute atomic E-state index is 11.7. The summed E-state index contributed by atoms with van der Waals surface area (Å²) in [5.41, 5.74) is 1.45. The van der Waals surface area contributed by atoms with Gasteiger partial charge in [-0.15, -0.1) is 11.3 Å². The third-order valence-corrected chi connectivity index (χ3v) is 4.42. The molecule has 5 heteroatoms. The molecule has 1 aliphatic rings. The highest BCUT2D eigenvalue weighted by atomic mass is 32.1. The number of nitrogens with one attached hydrogen (secondary N) is 1. The van der Waals surface area contributed by atoms with E-state index >= 15 is 0 Å². The highest BCUT2D eigenvalue weighted by Gasteiger charge is 2.17. The summed E-state index contributed by atoms with van der Waals surface area (Å²) in [7, 11) is 0. The molecule has 0 radical (unpaired) electrons. The smallest absolute Gasteiger partial charge is 0.248 e. The minimum atomic E-state index is -0.352. The second-order valence-electron chi connectivity index (χ2n) is 4.78. The van der Waals surface area contributed by atoms with Gasteiger partial charge >= 0.3 is 0 Å². The fourth-order valence-corrected chi connectivity index (χ4v) is 3.19. The van der Waals surface area contributed by atoms with E-state index in [2.05, 4.69) is 21.7 Å². The first-order chi connectivity index (χ1) is 9.20. The molecular weight excluding hydrogens is 260 g/mol. The van der Waals surface area contributed by atoms with Crippen LogP contribution in [0.25, 0.3) is 0 Å². The van der Waals surface area contributed by atoms with Gasteiger partial charge in [0.1, 0.15) is 6.10 Å². The van der Waals surface area contributed by atoms with Crippen molar-refractivity contribution in [2.24, 2.45) is 0 Å². The molecule has 0 aliphatic carbocycles. The molecule has 1 N–H and O–H groups in total. The van der Waals surface area contributed by atoms with Crippen LogP contribution in [-0.2, 0) is 22.5 Å². The number of rotatable bonds is 6. The fourth-order valence-electron chi connectivity index (χ4n) is 2.30. The summed E-state index contributed by atoms with van der Waals surface area (Å²) in [5, 5.41) is 5.10. The van der Waals surface area contributed by atoms with Crippen LogP contribution in [0.3, 0.4) is 0 Å². The number of carbonyl (C=O) groups excluding carboxylic acids is 1. The molecule has 2 rings (SSSR count). The van der Waals surface area contributed by atoms with Gasteiger partial charge in [0.15, 0.2) is 0 Å². The first kappa shape index (κ1) is 14.5. The van der Waals surface area contributed by atoms with E-state index in [0.29, 0.717) is 13.2 Å². The molecule has 0 fully saturated rings. The van der Waals surface area contributed by atoms with Crippen molar-refractivity contribution >= 4 is 17.2 Å². The normalized spacial score (nSPS) is 16.9. The molecular formula is C14H22N2O2S. The number of hydrogen-bond acceptors (Lipinski definition) is 4. The van der Waals surface area contributed by atoms with E-state index in [-0.39, 0.29) is 12.0 Å². The van der Waals surface area contributed by atoms with E-state index < -0.39 is 0 Å². The molecule has 0 saturated heterocycles. The lowest BCUT2D eigenvalue weighted by molar-refractivity contribution is -0.131. The number of hydrogen-bond donors (Lipinski definition) is 1. The van der Waals surface area contributed by atoms with E-state index in [1.54, 1.807) is 6.92 Å². The minimum absolute atomic E-state index is 0.0184. The lowest BCUT2D eigenvalue weighted by Crippen LogP contribution is -2.41. The van der Waals surface area contributed by atoms with E-state index in [9.17, 15) is 4.79 Å². The molecule has 0 unspecified atom stereocenters. The predicted octanol–water partition coefficient (Wildman–Crippen LogP) is 1.65. The Labute approximate surface area is 118 Å². The number of ether oxygens (including phenoxy) is 1. The van der Waals surface area contributed by atoms with Gasteiger partial charge in [-0.3, -0.25) is 9.69 Å². The average molecular weight is 282 g/mol. The summed E-state index contributed by atoms with van der Waals surface area (Å²) in [5.74, 6) is -0.0184. The van der Waals surface area contributed by atoms with Crippen LogP contribution in [0, 0.1) is 0 Å². The molecule has 0 aromatic carbocycles. The molecule has 106 valence electrons. The first-order valence-corrected chi connectivity index (χ1v) is 7.75. The van der Waals surface area contributed by atoms with Gasteiger partial charge in [-0.1, -0.05) is 0 Å². The van der Waals surface area contributed by atoms with Crippen molar-refractivity contribution in [3.05, 3.63) is 21.9 Å². The number of amides is 1. The van der Waals surface area contributed by atoms with Gasteiger partial charge in [-0.2, -0.15) is 0 Å². The molecule has 1 atom stereocenters. The summed E-state index contributed by atoms with van der Waals surface area (Å²) in [6, 6.07) is 2.21. The molecule has 0 saturated carbocycles. The molecule has 2 heterocycles. The lowest BCUT2D eigenvalue weighted by Gasteiger charge is -2.26. The molecule has 19 heavy (non-hydrogen) atoms. The maximum atomic E-state index is 11.7. The van der Waals surface area contributed by atoms with Crippen molar-refractivity contribution in [3.63, 3.8) is 0 Å². The van der Waals surface area contributed by atoms with E-state index in [0.717, 1.165) is 26.1 Å². The SMILES string of the molecule is CCO[C@@H](C)C(=O)NCCN1CCc2sccc2C1. The zero-order chi connectivity index (χ0) is 13.7. The van der Waals surface area contributed by atoms with Crippen LogP contribution >= 0.6 is 11.3 Å². The van der Waals surface area contributed by atoms with Gasteiger partial charge in [0.2, 0.25) is 5.91 Å². The minimum Gasteiger partial charge on any atom is -0.369 e. The van der Waals surface area contributed by atoms with E-state index in [1.807, 2.05) is 18.3 Å². The zero-order valence-electron chi connectivity index (χ0n) is 11.6. The van der Waals surface area contributed by atoms with Crippen molar-refractivity contribution in [3.8, 4) is 0 Å². The monoisotopic (exact) mass is 282 g/mol. The Morgan fingerprint density at radius 3 is 3.26 bits per heavy atom. The first-order valence-electron chi connectivity index (χ1n) is 6.87. The van der Waals surface area contributed by atoms with Crippen molar-refractivity contribution in [1.82, 2.24) is 10.2 Å². The van der Waals surface area contributed by atoms with Gasteiger partial charge in [0, 0.05) is 37.7 Å².